The van der Waals surface area contributed by atoms with Crippen LogP contribution in [0.1, 0.15) is 13.3 Å². The zero-order valence-corrected chi connectivity index (χ0v) is 12.7. The van der Waals surface area contributed by atoms with Crippen molar-refractivity contribution in [3.8, 4) is 5.75 Å². The molecule has 0 saturated carbocycles. The molecule has 20 heavy (non-hydrogen) atoms. The van der Waals surface area contributed by atoms with E-state index in [9.17, 15) is 13.2 Å². The third-order valence-electron chi connectivity index (χ3n) is 2.60. The van der Waals surface area contributed by atoms with Gasteiger partial charge in [0.25, 0.3) is 0 Å². The fraction of sp³-hybridized carbons (Fsp3) is 0.462. The minimum absolute atomic E-state index is 0.244. The second-order valence-electron chi connectivity index (χ2n) is 4.32. The smallest absolute Gasteiger partial charge is 0.240 e. The predicted octanol–water partition coefficient (Wildman–Crippen LogP) is 0.987. The summed E-state index contributed by atoms with van der Waals surface area (Å²) in [5.74, 6) is 0.199. The molecule has 0 unspecified atom stereocenters. The number of sulfonamides is 1. The van der Waals surface area contributed by atoms with E-state index in [1.165, 1.54) is 7.11 Å². The summed E-state index contributed by atoms with van der Waals surface area (Å²) in [6, 6.07) is 6.59. The summed E-state index contributed by atoms with van der Waals surface area (Å²) >= 11 is 0. The molecule has 0 aliphatic carbocycles. The molecule has 1 aromatic rings. The average Bonchev–Trinajstić information content (AvgIpc) is 2.41. The van der Waals surface area contributed by atoms with E-state index in [1.54, 1.807) is 24.3 Å². The molecule has 0 fully saturated rings. The van der Waals surface area contributed by atoms with E-state index < -0.39 is 10.0 Å². The van der Waals surface area contributed by atoms with Crippen LogP contribution in [-0.4, -0.2) is 40.8 Å². The van der Waals surface area contributed by atoms with Gasteiger partial charge in [-0.05, 0) is 18.6 Å². The molecule has 0 spiro atoms. The number of hydrogen-bond donors (Lipinski definition) is 1. The van der Waals surface area contributed by atoms with Crippen LogP contribution in [0.4, 0.5) is 5.69 Å². The molecule has 1 aromatic carbocycles. The molecule has 0 aromatic heterocycles. The number of benzene rings is 1. The van der Waals surface area contributed by atoms with E-state index in [4.69, 9.17) is 4.74 Å². The molecule has 0 saturated heterocycles. The van der Waals surface area contributed by atoms with Gasteiger partial charge in [-0.1, -0.05) is 13.0 Å². The number of carbonyl (C=O) groups excluding carboxylic acids is 1. The van der Waals surface area contributed by atoms with Crippen molar-refractivity contribution in [1.82, 2.24) is 5.32 Å². The van der Waals surface area contributed by atoms with Crippen molar-refractivity contribution >= 4 is 21.6 Å². The van der Waals surface area contributed by atoms with Crippen LogP contribution in [0, 0.1) is 0 Å². The first-order valence-electron chi connectivity index (χ1n) is 6.27. The lowest BCUT2D eigenvalue weighted by atomic mass is 10.3. The van der Waals surface area contributed by atoms with Crippen LogP contribution in [0.25, 0.3) is 0 Å². The highest BCUT2D eigenvalue weighted by atomic mass is 32.2. The molecule has 0 aliphatic heterocycles. The Labute approximate surface area is 119 Å². The zero-order chi connectivity index (χ0) is 15.2. The summed E-state index contributed by atoms with van der Waals surface area (Å²) in [6.45, 7) is 2.21. The van der Waals surface area contributed by atoms with Crippen molar-refractivity contribution in [3.05, 3.63) is 24.3 Å². The number of anilines is 1. The summed E-state index contributed by atoms with van der Waals surface area (Å²) in [5, 5.41) is 2.66. The Kier molecular flexibility index (Phi) is 5.82. The van der Waals surface area contributed by atoms with Crippen LogP contribution in [0.5, 0.6) is 5.75 Å². The molecule has 0 bridgehead atoms. The Bertz CT molecular complexity index is 557. The Balaban J connectivity index is 2.98. The van der Waals surface area contributed by atoms with E-state index in [1.807, 2.05) is 6.92 Å². The van der Waals surface area contributed by atoms with E-state index in [0.29, 0.717) is 18.0 Å². The number of amides is 1. The quantitative estimate of drug-likeness (QED) is 0.814. The minimum Gasteiger partial charge on any atom is -0.497 e. The zero-order valence-electron chi connectivity index (χ0n) is 11.9. The molecule has 1 rings (SSSR count). The predicted molar refractivity (Wildman–Crippen MR) is 78.5 cm³/mol. The van der Waals surface area contributed by atoms with Crippen LogP contribution in [-0.2, 0) is 14.8 Å². The van der Waals surface area contributed by atoms with Gasteiger partial charge in [0.15, 0.2) is 0 Å². The van der Waals surface area contributed by atoms with Crippen LogP contribution in [0.2, 0.25) is 0 Å². The van der Waals surface area contributed by atoms with Crippen molar-refractivity contribution in [3.63, 3.8) is 0 Å². The average molecular weight is 300 g/mol. The molecule has 0 heterocycles. The maximum Gasteiger partial charge on any atom is 0.240 e. The summed E-state index contributed by atoms with van der Waals surface area (Å²) in [7, 11) is -2.05. The van der Waals surface area contributed by atoms with Gasteiger partial charge in [-0.25, -0.2) is 8.42 Å². The fourth-order valence-corrected chi connectivity index (χ4v) is 2.46. The van der Waals surface area contributed by atoms with Crippen molar-refractivity contribution < 1.29 is 17.9 Å². The number of nitrogens with one attached hydrogen (secondary N) is 1. The summed E-state index contributed by atoms with van der Waals surface area (Å²) in [5.41, 5.74) is 0.401. The van der Waals surface area contributed by atoms with Crippen LogP contribution < -0.4 is 14.4 Å². The van der Waals surface area contributed by atoms with E-state index in [2.05, 4.69) is 5.32 Å². The SMILES string of the molecule is CCCNC(=O)CN(c1cccc(OC)c1)S(C)(=O)=O. The lowest BCUT2D eigenvalue weighted by Crippen LogP contribution is -2.40. The third-order valence-corrected chi connectivity index (χ3v) is 3.74. The Hall–Kier alpha value is -1.76. The highest BCUT2D eigenvalue weighted by molar-refractivity contribution is 7.92. The van der Waals surface area contributed by atoms with Gasteiger partial charge >= 0.3 is 0 Å². The van der Waals surface area contributed by atoms with Gasteiger partial charge in [-0.15, -0.1) is 0 Å². The van der Waals surface area contributed by atoms with Gasteiger partial charge in [0.05, 0.1) is 19.1 Å². The van der Waals surface area contributed by atoms with Crippen molar-refractivity contribution in [2.45, 2.75) is 13.3 Å². The maximum atomic E-state index is 11.8. The molecule has 6 nitrogen and oxygen atoms in total. The van der Waals surface area contributed by atoms with Gasteiger partial charge in [0.2, 0.25) is 15.9 Å². The first-order chi connectivity index (χ1) is 9.38. The normalized spacial score (nSPS) is 10.9. The lowest BCUT2D eigenvalue weighted by Gasteiger charge is -2.22. The standard InChI is InChI=1S/C13H20N2O4S/c1-4-8-14-13(16)10-15(20(3,17)18)11-6-5-7-12(9-11)19-2/h5-7,9H,4,8,10H2,1-3H3,(H,14,16). The highest BCUT2D eigenvalue weighted by Gasteiger charge is 2.20. The van der Waals surface area contributed by atoms with Crippen molar-refractivity contribution in [2.24, 2.45) is 0 Å². The summed E-state index contributed by atoms with van der Waals surface area (Å²) in [4.78, 5) is 11.7. The van der Waals surface area contributed by atoms with Crippen LogP contribution in [0.15, 0.2) is 24.3 Å². The Morgan fingerprint density at radius 3 is 2.65 bits per heavy atom. The minimum atomic E-state index is -3.55. The van der Waals surface area contributed by atoms with E-state index >= 15 is 0 Å². The molecule has 0 atom stereocenters. The Morgan fingerprint density at radius 2 is 2.10 bits per heavy atom. The van der Waals surface area contributed by atoms with Gasteiger partial charge in [-0.3, -0.25) is 9.10 Å². The first kappa shape index (κ1) is 16.3. The largest absolute Gasteiger partial charge is 0.497 e. The molecule has 7 heteroatoms. The molecule has 0 radical (unpaired) electrons. The summed E-state index contributed by atoms with van der Waals surface area (Å²) in [6.07, 6.45) is 1.86. The van der Waals surface area contributed by atoms with Crippen LogP contribution in [0.3, 0.4) is 0 Å². The van der Waals surface area contributed by atoms with Crippen molar-refractivity contribution in [1.29, 1.82) is 0 Å². The van der Waals surface area contributed by atoms with Crippen molar-refractivity contribution in [2.75, 3.05) is 30.8 Å². The number of rotatable bonds is 7. The number of methoxy groups -OCH3 is 1. The summed E-state index contributed by atoms with van der Waals surface area (Å²) < 4.78 is 29.8. The van der Waals surface area contributed by atoms with E-state index in [0.717, 1.165) is 17.0 Å². The molecular formula is C13H20N2O4S. The number of nitrogens with zero attached hydrogens (tertiary/aromatic N) is 1. The van der Waals surface area contributed by atoms with Gasteiger partial charge in [0.1, 0.15) is 12.3 Å². The molecule has 112 valence electrons. The van der Waals surface area contributed by atoms with Gasteiger partial charge in [0, 0.05) is 12.6 Å². The second-order valence-corrected chi connectivity index (χ2v) is 6.23. The molecule has 1 amide bonds. The lowest BCUT2D eigenvalue weighted by molar-refractivity contribution is -0.119. The molecular weight excluding hydrogens is 280 g/mol. The second kappa shape index (κ2) is 7.14. The van der Waals surface area contributed by atoms with Gasteiger partial charge < -0.3 is 10.1 Å². The molecule has 1 N–H and O–H groups in total. The number of carbonyl (C=O) groups is 1. The maximum absolute atomic E-state index is 11.8. The van der Waals surface area contributed by atoms with E-state index in [-0.39, 0.29) is 12.5 Å². The topological polar surface area (TPSA) is 75.7 Å². The third kappa shape index (κ3) is 4.73. The Morgan fingerprint density at radius 1 is 1.40 bits per heavy atom. The van der Waals surface area contributed by atoms with Crippen LogP contribution >= 0.6 is 0 Å². The molecule has 0 aliphatic rings. The highest BCUT2D eigenvalue weighted by Crippen LogP contribution is 2.22. The first-order valence-corrected chi connectivity index (χ1v) is 8.11. The number of hydrogen-bond acceptors (Lipinski definition) is 4. The number of ether oxygens (including phenoxy) is 1. The van der Waals surface area contributed by atoms with Gasteiger partial charge in [-0.2, -0.15) is 0 Å². The fourth-order valence-electron chi connectivity index (χ4n) is 1.62. The monoisotopic (exact) mass is 300 g/mol.